The summed E-state index contributed by atoms with van der Waals surface area (Å²) in [5.74, 6) is 0.652. The number of carbonyl (C=O) groups excluding carboxylic acids is 2. The summed E-state index contributed by atoms with van der Waals surface area (Å²) in [6.07, 6.45) is 0.796. The lowest BCUT2D eigenvalue weighted by molar-refractivity contribution is -0.136. The number of aryl methyl sites for hydroxylation is 1. The third-order valence-corrected chi connectivity index (χ3v) is 5.69. The van der Waals surface area contributed by atoms with E-state index in [0.29, 0.717) is 31.6 Å². The number of fused-ring (bicyclic) bond motifs is 1. The van der Waals surface area contributed by atoms with Crippen molar-refractivity contribution in [2.75, 3.05) is 18.4 Å². The molecule has 30 heavy (non-hydrogen) atoms. The van der Waals surface area contributed by atoms with Crippen LogP contribution in [0.4, 0.5) is 5.69 Å². The molecule has 0 aliphatic carbocycles. The molecule has 0 bridgehead atoms. The number of carbonyl (C=O) groups is 2. The smallest absolute Gasteiger partial charge is 0.227 e. The summed E-state index contributed by atoms with van der Waals surface area (Å²) in [5.41, 5.74) is 3.53. The highest BCUT2D eigenvalue weighted by Crippen LogP contribution is 2.28. The summed E-state index contributed by atoms with van der Waals surface area (Å²) < 4.78 is 6.01. The second-order valence-electron chi connectivity index (χ2n) is 7.87. The summed E-state index contributed by atoms with van der Waals surface area (Å²) in [6.45, 7) is 0.738. The first-order chi connectivity index (χ1) is 14.5. The molecular formula is C23H26N2O5. The van der Waals surface area contributed by atoms with Crippen molar-refractivity contribution in [2.24, 2.45) is 0 Å². The van der Waals surface area contributed by atoms with Gasteiger partial charge >= 0.3 is 0 Å². The first kappa shape index (κ1) is 20.4. The van der Waals surface area contributed by atoms with E-state index in [1.165, 1.54) is 0 Å². The SMILES string of the molecule is O=C1CCc2cc(O[C@@H]3CCN(C(=O)Cc4ccc(CO)cc4)C[C@H]3O)ccc2N1. The van der Waals surface area contributed by atoms with Gasteiger partial charge < -0.3 is 25.2 Å². The van der Waals surface area contributed by atoms with Crippen LogP contribution in [0.5, 0.6) is 5.75 Å². The van der Waals surface area contributed by atoms with E-state index < -0.39 is 6.10 Å². The van der Waals surface area contributed by atoms with Gasteiger partial charge in [-0.1, -0.05) is 24.3 Å². The van der Waals surface area contributed by atoms with E-state index in [-0.39, 0.29) is 37.5 Å². The zero-order valence-corrected chi connectivity index (χ0v) is 16.7. The Bertz CT molecular complexity index is 928. The number of ether oxygens (including phenoxy) is 1. The van der Waals surface area contributed by atoms with Crippen LogP contribution in [0, 0.1) is 0 Å². The molecule has 2 amide bonds. The summed E-state index contributed by atoms with van der Waals surface area (Å²) in [6, 6.07) is 12.8. The summed E-state index contributed by atoms with van der Waals surface area (Å²) in [5, 5.41) is 22.5. The maximum absolute atomic E-state index is 12.6. The molecule has 2 aliphatic rings. The summed E-state index contributed by atoms with van der Waals surface area (Å²) in [4.78, 5) is 25.8. The van der Waals surface area contributed by atoms with Gasteiger partial charge in [0, 0.05) is 25.1 Å². The highest BCUT2D eigenvalue weighted by atomic mass is 16.5. The van der Waals surface area contributed by atoms with Crippen LogP contribution in [0.15, 0.2) is 42.5 Å². The summed E-state index contributed by atoms with van der Waals surface area (Å²) >= 11 is 0. The number of aliphatic hydroxyl groups excluding tert-OH is 2. The van der Waals surface area contributed by atoms with Crippen molar-refractivity contribution in [3.05, 3.63) is 59.2 Å². The predicted molar refractivity (Wildman–Crippen MR) is 111 cm³/mol. The molecule has 0 spiro atoms. The van der Waals surface area contributed by atoms with Crippen LogP contribution in [0.3, 0.4) is 0 Å². The standard InChI is InChI=1S/C23H26N2O5/c26-14-16-3-1-15(2-4-16)11-23(29)25-10-9-21(20(27)13-25)30-18-6-7-19-17(12-18)5-8-22(28)24-19/h1-4,6-7,12,20-21,26-27H,5,8-11,13-14H2,(H,24,28)/t20-,21-/m1/s1. The number of likely N-dealkylation sites (tertiary alicyclic amines) is 1. The number of anilines is 1. The molecule has 0 saturated carbocycles. The number of β-amino-alcohol motifs (C(OH)–C–C–N with tert-alkyl or cyclic N) is 1. The van der Waals surface area contributed by atoms with Crippen LogP contribution >= 0.6 is 0 Å². The Hall–Kier alpha value is -2.90. The molecule has 0 unspecified atom stereocenters. The van der Waals surface area contributed by atoms with Gasteiger partial charge in [0.05, 0.1) is 19.6 Å². The molecule has 7 heteroatoms. The number of benzene rings is 2. The summed E-state index contributed by atoms with van der Waals surface area (Å²) in [7, 11) is 0. The number of rotatable bonds is 5. The van der Waals surface area contributed by atoms with Crippen LogP contribution < -0.4 is 10.1 Å². The number of piperidine rings is 1. The van der Waals surface area contributed by atoms with Crippen molar-refractivity contribution < 1.29 is 24.5 Å². The molecule has 1 saturated heterocycles. The first-order valence-corrected chi connectivity index (χ1v) is 10.3. The molecule has 2 aromatic rings. The van der Waals surface area contributed by atoms with E-state index in [2.05, 4.69) is 5.32 Å². The third kappa shape index (κ3) is 4.63. The molecule has 1 fully saturated rings. The number of nitrogens with one attached hydrogen (secondary N) is 1. The Morgan fingerprint density at radius 1 is 1.13 bits per heavy atom. The number of hydrogen-bond acceptors (Lipinski definition) is 5. The second-order valence-corrected chi connectivity index (χ2v) is 7.87. The molecule has 4 rings (SSSR count). The van der Waals surface area contributed by atoms with Gasteiger partial charge in [0.2, 0.25) is 11.8 Å². The molecule has 2 aliphatic heterocycles. The largest absolute Gasteiger partial charge is 0.488 e. The minimum atomic E-state index is -0.768. The van der Waals surface area contributed by atoms with Crippen LogP contribution in [-0.4, -0.2) is 52.2 Å². The fraction of sp³-hybridized carbons (Fsp3) is 0.391. The number of nitrogens with zero attached hydrogens (tertiary/aromatic N) is 1. The minimum Gasteiger partial charge on any atom is -0.488 e. The molecule has 2 heterocycles. The molecule has 3 N–H and O–H groups in total. The van der Waals surface area contributed by atoms with Gasteiger partial charge in [0.15, 0.2) is 0 Å². The zero-order chi connectivity index (χ0) is 21.1. The highest BCUT2D eigenvalue weighted by Gasteiger charge is 2.31. The molecule has 2 atom stereocenters. The van der Waals surface area contributed by atoms with Gasteiger partial charge in [-0.15, -0.1) is 0 Å². The van der Waals surface area contributed by atoms with Crippen molar-refractivity contribution in [1.29, 1.82) is 0 Å². The first-order valence-electron chi connectivity index (χ1n) is 10.3. The van der Waals surface area contributed by atoms with Crippen LogP contribution in [0.1, 0.15) is 29.5 Å². The van der Waals surface area contributed by atoms with Crippen molar-refractivity contribution >= 4 is 17.5 Å². The van der Waals surface area contributed by atoms with E-state index in [1.807, 2.05) is 36.4 Å². The number of amides is 2. The topological polar surface area (TPSA) is 99.1 Å². The molecule has 158 valence electrons. The van der Waals surface area contributed by atoms with Gasteiger partial charge in [-0.25, -0.2) is 0 Å². The minimum absolute atomic E-state index is 0.0210. The molecular weight excluding hydrogens is 384 g/mol. The Morgan fingerprint density at radius 2 is 1.90 bits per heavy atom. The lowest BCUT2D eigenvalue weighted by Crippen LogP contribution is -2.51. The normalized spacial score (nSPS) is 21.0. The van der Waals surface area contributed by atoms with Crippen molar-refractivity contribution in [2.45, 2.75) is 44.5 Å². The second kappa shape index (κ2) is 8.85. The van der Waals surface area contributed by atoms with E-state index in [9.17, 15) is 14.7 Å². The number of aliphatic hydroxyl groups is 2. The average molecular weight is 410 g/mol. The van der Waals surface area contributed by atoms with Crippen LogP contribution in [-0.2, 0) is 29.0 Å². The monoisotopic (exact) mass is 410 g/mol. The highest BCUT2D eigenvalue weighted by molar-refractivity contribution is 5.94. The van der Waals surface area contributed by atoms with Gasteiger partial charge in [0.1, 0.15) is 18.0 Å². The van der Waals surface area contributed by atoms with Crippen molar-refractivity contribution in [1.82, 2.24) is 4.90 Å². The Kier molecular flexibility index (Phi) is 6.01. The van der Waals surface area contributed by atoms with E-state index in [0.717, 1.165) is 22.4 Å². The molecule has 7 nitrogen and oxygen atoms in total. The third-order valence-electron chi connectivity index (χ3n) is 5.69. The number of hydrogen-bond donors (Lipinski definition) is 3. The Morgan fingerprint density at radius 3 is 2.63 bits per heavy atom. The Balaban J connectivity index is 1.32. The molecule has 2 aromatic carbocycles. The van der Waals surface area contributed by atoms with E-state index >= 15 is 0 Å². The average Bonchev–Trinajstić information content (AvgIpc) is 2.75. The van der Waals surface area contributed by atoms with Gasteiger partial charge in [0.25, 0.3) is 0 Å². The molecule has 0 radical (unpaired) electrons. The zero-order valence-electron chi connectivity index (χ0n) is 16.7. The van der Waals surface area contributed by atoms with E-state index in [4.69, 9.17) is 9.84 Å². The fourth-order valence-corrected chi connectivity index (χ4v) is 3.93. The van der Waals surface area contributed by atoms with Crippen molar-refractivity contribution in [3.63, 3.8) is 0 Å². The predicted octanol–water partition coefficient (Wildman–Crippen LogP) is 1.65. The van der Waals surface area contributed by atoms with Gasteiger partial charge in [-0.3, -0.25) is 9.59 Å². The van der Waals surface area contributed by atoms with Crippen molar-refractivity contribution in [3.8, 4) is 5.75 Å². The maximum atomic E-state index is 12.6. The molecule has 0 aromatic heterocycles. The Labute approximate surface area is 175 Å². The van der Waals surface area contributed by atoms with Crippen LogP contribution in [0.25, 0.3) is 0 Å². The lowest BCUT2D eigenvalue weighted by Gasteiger charge is -2.36. The lowest BCUT2D eigenvalue weighted by atomic mass is 10.0. The van der Waals surface area contributed by atoms with Gasteiger partial charge in [-0.05, 0) is 41.3 Å². The maximum Gasteiger partial charge on any atom is 0.227 e. The van der Waals surface area contributed by atoms with Gasteiger partial charge in [-0.2, -0.15) is 0 Å². The van der Waals surface area contributed by atoms with E-state index in [1.54, 1.807) is 11.0 Å². The van der Waals surface area contributed by atoms with Crippen LogP contribution in [0.2, 0.25) is 0 Å². The fourth-order valence-electron chi connectivity index (χ4n) is 3.93. The quantitative estimate of drug-likeness (QED) is 0.696.